The second-order valence-corrected chi connectivity index (χ2v) is 7.27. The molecule has 0 aliphatic carbocycles. The van der Waals surface area contributed by atoms with E-state index in [-0.39, 0.29) is 24.2 Å². The molecule has 0 unspecified atom stereocenters. The maximum absolute atomic E-state index is 13.0. The van der Waals surface area contributed by atoms with Crippen LogP contribution in [0.4, 0.5) is 26.3 Å². The molecule has 1 heterocycles. The molecule has 0 aromatic heterocycles. The number of aryl methyl sites for hydroxylation is 1. The first-order valence-electron chi connectivity index (χ1n) is 9.26. The second kappa shape index (κ2) is 8.36. The summed E-state index contributed by atoms with van der Waals surface area (Å²) in [4.78, 5) is 5.59. The van der Waals surface area contributed by atoms with Crippen molar-refractivity contribution in [3.63, 3.8) is 0 Å². The molecule has 1 saturated heterocycles. The first kappa shape index (κ1) is 21.6. The Morgan fingerprint density at radius 1 is 0.966 bits per heavy atom. The van der Waals surface area contributed by atoms with Crippen LogP contribution in [0.5, 0.6) is 0 Å². The highest BCUT2D eigenvalue weighted by atomic mass is 19.4. The van der Waals surface area contributed by atoms with Gasteiger partial charge in [0.2, 0.25) is 0 Å². The maximum Gasteiger partial charge on any atom is 0.416 e. The van der Waals surface area contributed by atoms with Gasteiger partial charge in [0.15, 0.2) is 0 Å². The molecule has 29 heavy (non-hydrogen) atoms. The van der Waals surface area contributed by atoms with E-state index in [1.165, 1.54) is 5.56 Å². The van der Waals surface area contributed by atoms with Gasteiger partial charge in [-0.1, -0.05) is 24.3 Å². The van der Waals surface area contributed by atoms with Gasteiger partial charge < -0.3 is 0 Å². The monoisotopic (exact) mass is 417 g/mol. The van der Waals surface area contributed by atoms with E-state index in [0.29, 0.717) is 25.2 Å². The molecule has 1 fully saturated rings. The lowest BCUT2D eigenvalue weighted by molar-refractivity contribution is -0.182. The van der Waals surface area contributed by atoms with Crippen molar-refractivity contribution >= 4 is 0 Å². The normalized spacial score (nSPS) is 18.8. The number of hydrogen-bond acceptors (Lipinski definition) is 2. The Balaban J connectivity index is 1.73. The third-order valence-corrected chi connectivity index (χ3v) is 5.07. The molecular formula is C21H21F6NO. The minimum atomic E-state index is -4.86. The molecule has 1 aliphatic rings. The van der Waals surface area contributed by atoms with Crippen LogP contribution in [0.3, 0.4) is 0 Å². The Bertz CT molecular complexity index is 814. The topological polar surface area (TPSA) is 12.5 Å². The van der Waals surface area contributed by atoms with Gasteiger partial charge in [0.05, 0.1) is 17.7 Å². The summed E-state index contributed by atoms with van der Waals surface area (Å²) in [5, 5.41) is 1.63. The van der Waals surface area contributed by atoms with Gasteiger partial charge in [0.1, 0.15) is 0 Å². The Morgan fingerprint density at radius 3 is 2.17 bits per heavy atom. The van der Waals surface area contributed by atoms with E-state index in [1.54, 1.807) is 5.06 Å². The summed E-state index contributed by atoms with van der Waals surface area (Å²) >= 11 is 0. The van der Waals surface area contributed by atoms with Crippen molar-refractivity contribution in [1.29, 1.82) is 0 Å². The Kier molecular flexibility index (Phi) is 6.24. The van der Waals surface area contributed by atoms with E-state index in [0.717, 1.165) is 18.4 Å². The van der Waals surface area contributed by atoms with Crippen molar-refractivity contribution in [2.24, 2.45) is 0 Å². The molecule has 2 nitrogen and oxygen atoms in total. The van der Waals surface area contributed by atoms with E-state index >= 15 is 0 Å². The molecule has 0 radical (unpaired) electrons. The zero-order chi connectivity index (χ0) is 21.2. The molecule has 3 rings (SSSR count). The molecule has 0 N–H and O–H groups in total. The van der Waals surface area contributed by atoms with E-state index < -0.39 is 23.5 Å². The van der Waals surface area contributed by atoms with E-state index in [2.05, 4.69) is 0 Å². The largest absolute Gasteiger partial charge is 0.416 e. The Morgan fingerprint density at radius 2 is 1.59 bits per heavy atom. The average molecular weight is 417 g/mol. The molecule has 158 valence electrons. The van der Waals surface area contributed by atoms with E-state index in [9.17, 15) is 26.3 Å². The molecule has 2 aromatic carbocycles. The van der Waals surface area contributed by atoms with Crippen LogP contribution in [0.15, 0.2) is 42.5 Å². The van der Waals surface area contributed by atoms with Crippen molar-refractivity contribution in [2.75, 3.05) is 13.1 Å². The van der Waals surface area contributed by atoms with Gasteiger partial charge >= 0.3 is 12.4 Å². The zero-order valence-corrected chi connectivity index (χ0v) is 15.8. The van der Waals surface area contributed by atoms with Gasteiger partial charge in [0, 0.05) is 13.1 Å². The SMILES string of the molecule is Cc1ccccc1[C@H]1CCCN(OCc2cc(C(F)(F)F)cc(C(F)(F)F)c2)C1. The van der Waals surface area contributed by atoms with Crippen LogP contribution in [0.2, 0.25) is 0 Å². The summed E-state index contributed by atoms with van der Waals surface area (Å²) in [6.07, 6.45) is -7.95. The van der Waals surface area contributed by atoms with Gasteiger partial charge in [-0.25, -0.2) is 0 Å². The third kappa shape index (κ3) is 5.51. The molecule has 0 spiro atoms. The highest BCUT2D eigenvalue weighted by Crippen LogP contribution is 2.36. The van der Waals surface area contributed by atoms with Crippen LogP contribution < -0.4 is 0 Å². The fourth-order valence-electron chi connectivity index (χ4n) is 3.63. The van der Waals surface area contributed by atoms with Gasteiger partial charge in [-0.05, 0) is 60.6 Å². The highest BCUT2D eigenvalue weighted by molar-refractivity contribution is 5.33. The molecule has 0 bridgehead atoms. The maximum atomic E-state index is 13.0. The number of benzene rings is 2. The number of hydrogen-bond donors (Lipinski definition) is 0. The predicted molar refractivity (Wildman–Crippen MR) is 96.0 cm³/mol. The van der Waals surface area contributed by atoms with Gasteiger partial charge in [-0.3, -0.25) is 4.84 Å². The lowest BCUT2D eigenvalue weighted by Gasteiger charge is -2.32. The fourth-order valence-corrected chi connectivity index (χ4v) is 3.63. The molecule has 1 aliphatic heterocycles. The Hall–Kier alpha value is -2.06. The number of alkyl halides is 6. The van der Waals surface area contributed by atoms with E-state index in [1.807, 2.05) is 31.2 Å². The van der Waals surface area contributed by atoms with Crippen LogP contribution in [0, 0.1) is 6.92 Å². The summed E-state index contributed by atoms with van der Waals surface area (Å²) in [6, 6.07) is 9.47. The van der Waals surface area contributed by atoms with Crippen molar-refractivity contribution in [1.82, 2.24) is 5.06 Å². The summed E-state index contributed by atoms with van der Waals surface area (Å²) in [5.41, 5.74) is -0.499. The first-order chi connectivity index (χ1) is 13.5. The lowest BCUT2D eigenvalue weighted by Crippen LogP contribution is -2.34. The molecule has 2 aromatic rings. The molecule has 0 amide bonds. The number of hydroxylamine groups is 2. The van der Waals surface area contributed by atoms with Crippen LogP contribution in [-0.2, 0) is 23.8 Å². The standard InChI is InChI=1S/C21H21F6NO/c1-14-5-2-3-7-19(14)16-6-4-8-28(12-16)29-13-15-9-17(20(22,23)24)11-18(10-15)21(25,26)27/h2-3,5,7,9-11,16H,4,6,8,12-13H2,1H3/t16-/m0/s1. The van der Waals surface area contributed by atoms with Crippen molar-refractivity contribution < 1.29 is 31.2 Å². The van der Waals surface area contributed by atoms with Crippen LogP contribution in [-0.4, -0.2) is 18.2 Å². The number of nitrogens with zero attached hydrogens (tertiary/aromatic N) is 1. The van der Waals surface area contributed by atoms with Crippen LogP contribution in [0.1, 0.15) is 46.6 Å². The average Bonchev–Trinajstić information content (AvgIpc) is 2.65. The van der Waals surface area contributed by atoms with Crippen molar-refractivity contribution in [2.45, 2.75) is 44.6 Å². The molecule has 0 saturated carbocycles. The van der Waals surface area contributed by atoms with Gasteiger partial charge in [-0.15, -0.1) is 0 Å². The zero-order valence-electron chi connectivity index (χ0n) is 15.8. The third-order valence-electron chi connectivity index (χ3n) is 5.07. The van der Waals surface area contributed by atoms with E-state index in [4.69, 9.17) is 4.84 Å². The molecule has 1 atom stereocenters. The quantitative estimate of drug-likeness (QED) is 0.538. The predicted octanol–water partition coefficient (Wildman–Crippen LogP) is 6.34. The minimum absolute atomic E-state index is 0.124. The number of rotatable bonds is 4. The second-order valence-electron chi connectivity index (χ2n) is 7.27. The number of halogens is 6. The summed E-state index contributed by atoms with van der Waals surface area (Å²) < 4.78 is 77.9. The fraction of sp³-hybridized carbons (Fsp3) is 0.429. The summed E-state index contributed by atoms with van der Waals surface area (Å²) in [7, 11) is 0. The smallest absolute Gasteiger partial charge is 0.294 e. The first-order valence-corrected chi connectivity index (χ1v) is 9.26. The number of piperidine rings is 1. The summed E-state index contributed by atoms with van der Waals surface area (Å²) in [5.74, 6) is 0.206. The minimum Gasteiger partial charge on any atom is -0.294 e. The highest BCUT2D eigenvalue weighted by Gasteiger charge is 2.37. The van der Waals surface area contributed by atoms with Crippen molar-refractivity contribution in [3.8, 4) is 0 Å². The molecule has 8 heteroatoms. The van der Waals surface area contributed by atoms with Gasteiger partial charge in [-0.2, -0.15) is 31.4 Å². The van der Waals surface area contributed by atoms with Crippen molar-refractivity contribution in [3.05, 3.63) is 70.3 Å². The van der Waals surface area contributed by atoms with Crippen LogP contribution in [0.25, 0.3) is 0 Å². The van der Waals surface area contributed by atoms with Gasteiger partial charge in [0.25, 0.3) is 0 Å². The van der Waals surface area contributed by atoms with Crippen LogP contribution >= 0.6 is 0 Å². The molecular weight excluding hydrogens is 396 g/mol. The lowest BCUT2D eigenvalue weighted by atomic mass is 9.89. The Labute approximate surface area is 165 Å². The summed E-state index contributed by atoms with van der Waals surface area (Å²) in [6.45, 7) is 2.77.